The molecule has 0 aliphatic carbocycles. The first-order valence-corrected chi connectivity index (χ1v) is 6.84. The summed E-state index contributed by atoms with van der Waals surface area (Å²) in [7, 11) is 0. The van der Waals surface area contributed by atoms with Crippen LogP contribution < -0.4 is 10.6 Å². The number of carbonyl (C=O) groups is 1. The van der Waals surface area contributed by atoms with Gasteiger partial charge in [0, 0.05) is 24.5 Å². The van der Waals surface area contributed by atoms with Gasteiger partial charge in [0.05, 0.1) is 10.7 Å². The van der Waals surface area contributed by atoms with Crippen LogP contribution in [0.5, 0.6) is 0 Å². The summed E-state index contributed by atoms with van der Waals surface area (Å²) in [5, 5.41) is 7.18. The highest BCUT2D eigenvalue weighted by molar-refractivity contribution is 6.35. The van der Waals surface area contributed by atoms with Crippen LogP contribution in [0.4, 0.5) is 5.69 Å². The van der Waals surface area contributed by atoms with Crippen molar-refractivity contribution in [2.75, 3.05) is 18.4 Å². The van der Waals surface area contributed by atoms with Crippen LogP contribution in [-0.2, 0) is 4.79 Å². The van der Waals surface area contributed by atoms with Crippen LogP contribution >= 0.6 is 23.2 Å². The van der Waals surface area contributed by atoms with Crippen molar-refractivity contribution in [3.05, 3.63) is 28.2 Å². The maximum Gasteiger partial charge on any atom is 0.221 e. The van der Waals surface area contributed by atoms with E-state index in [0.717, 1.165) is 25.1 Å². The lowest BCUT2D eigenvalue weighted by atomic mass is 10.3. The smallest absolute Gasteiger partial charge is 0.221 e. The fourth-order valence-electron chi connectivity index (χ4n) is 1.44. The molecule has 1 amide bonds. The first-order chi connectivity index (χ1) is 8.63. The summed E-state index contributed by atoms with van der Waals surface area (Å²) in [6.45, 7) is 3.38. The molecule has 0 aliphatic rings. The normalized spacial score (nSPS) is 10.2. The van der Waals surface area contributed by atoms with Crippen molar-refractivity contribution in [1.29, 1.82) is 0 Å². The molecule has 18 heavy (non-hydrogen) atoms. The summed E-state index contributed by atoms with van der Waals surface area (Å²) in [6.07, 6.45) is 2.52. The van der Waals surface area contributed by atoms with Gasteiger partial charge in [0.25, 0.3) is 0 Å². The van der Waals surface area contributed by atoms with Gasteiger partial charge in [0.15, 0.2) is 0 Å². The zero-order chi connectivity index (χ0) is 13.4. The second-order valence-electron chi connectivity index (χ2n) is 4.00. The van der Waals surface area contributed by atoms with E-state index < -0.39 is 0 Å². The molecule has 3 nitrogen and oxygen atoms in total. The Kier molecular flexibility index (Phi) is 6.91. The van der Waals surface area contributed by atoms with Crippen LogP contribution in [-0.4, -0.2) is 19.0 Å². The third-order valence-corrected chi connectivity index (χ3v) is 3.01. The quantitative estimate of drug-likeness (QED) is 0.751. The SMILES string of the molecule is CCCCNC(=O)CCNc1cc(Cl)ccc1Cl. The van der Waals surface area contributed by atoms with Crippen molar-refractivity contribution >= 4 is 34.8 Å². The lowest BCUT2D eigenvalue weighted by molar-refractivity contribution is -0.120. The van der Waals surface area contributed by atoms with E-state index in [1.165, 1.54) is 0 Å². The summed E-state index contributed by atoms with van der Waals surface area (Å²) in [4.78, 5) is 11.4. The van der Waals surface area contributed by atoms with Crippen molar-refractivity contribution in [3.63, 3.8) is 0 Å². The predicted octanol–water partition coefficient (Wildman–Crippen LogP) is 3.71. The minimum absolute atomic E-state index is 0.0501. The molecule has 2 N–H and O–H groups in total. The number of benzene rings is 1. The van der Waals surface area contributed by atoms with Crippen LogP contribution in [0, 0.1) is 0 Å². The maximum absolute atomic E-state index is 11.4. The molecule has 0 saturated heterocycles. The molecule has 0 saturated carbocycles. The van der Waals surface area contributed by atoms with Crippen LogP contribution in [0.15, 0.2) is 18.2 Å². The standard InChI is InChI=1S/C13H18Cl2N2O/c1-2-3-7-17-13(18)6-8-16-12-9-10(14)4-5-11(12)15/h4-5,9,16H,2-3,6-8H2,1H3,(H,17,18). The third kappa shape index (κ3) is 5.61. The van der Waals surface area contributed by atoms with Crippen molar-refractivity contribution in [1.82, 2.24) is 5.32 Å². The molecular weight excluding hydrogens is 271 g/mol. The maximum atomic E-state index is 11.4. The molecule has 0 unspecified atom stereocenters. The third-order valence-electron chi connectivity index (χ3n) is 2.45. The number of halogens is 2. The molecule has 0 fully saturated rings. The Morgan fingerprint density at radius 2 is 2.06 bits per heavy atom. The molecule has 0 aromatic heterocycles. The first-order valence-electron chi connectivity index (χ1n) is 6.09. The summed E-state index contributed by atoms with van der Waals surface area (Å²) in [6, 6.07) is 5.21. The lowest BCUT2D eigenvalue weighted by Gasteiger charge is -2.09. The molecule has 5 heteroatoms. The molecular formula is C13H18Cl2N2O. The molecule has 100 valence electrons. The molecule has 1 aromatic rings. The van der Waals surface area contributed by atoms with E-state index in [0.29, 0.717) is 23.0 Å². The second kappa shape index (κ2) is 8.22. The minimum atomic E-state index is 0.0501. The number of nitrogens with one attached hydrogen (secondary N) is 2. The number of carbonyl (C=O) groups excluding carboxylic acids is 1. The largest absolute Gasteiger partial charge is 0.383 e. The van der Waals surface area contributed by atoms with Crippen molar-refractivity contribution < 1.29 is 4.79 Å². The van der Waals surface area contributed by atoms with Crippen molar-refractivity contribution in [3.8, 4) is 0 Å². The first kappa shape index (κ1) is 15.1. The molecule has 0 heterocycles. The Balaban J connectivity index is 2.28. The van der Waals surface area contributed by atoms with Gasteiger partial charge in [0.2, 0.25) is 5.91 Å². The lowest BCUT2D eigenvalue weighted by Crippen LogP contribution is -2.26. The van der Waals surface area contributed by atoms with Gasteiger partial charge in [-0.25, -0.2) is 0 Å². The van der Waals surface area contributed by atoms with Crippen molar-refractivity contribution in [2.24, 2.45) is 0 Å². The van der Waals surface area contributed by atoms with E-state index in [2.05, 4.69) is 17.6 Å². The Labute approximate surface area is 118 Å². The van der Waals surface area contributed by atoms with Crippen molar-refractivity contribution in [2.45, 2.75) is 26.2 Å². The Morgan fingerprint density at radius 3 is 2.78 bits per heavy atom. The average Bonchev–Trinajstić information content (AvgIpc) is 2.34. The van der Waals surface area contributed by atoms with Gasteiger partial charge < -0.3 is 10.6 Å². The Hall–Kier alpha value is -0.930. The van der Waals surface area contributed by atoms with E-state index in [9.17, 15) is 4.79 Å². The van der Waals surface area contributed by atoms with E-state index in [1.807, 2.05) is 0 Å². The van der Waals surface area contributed by atoms with E-state index >= 15 is 0 Å². The van der Waals surface area contributed by atoms with Gasteiger partial charge in [0.1, 0.15) is 0 Å². The molecule has 0 bridgehead atoms. The highest BCUT2D eigenvalue weighted by Gasteiger charge is 2.03. The fourth-order valence-corrected chi connectivity index (χ4v) is 1.79. The fraction of sp³-hybridized carbons (Fsp3) is 0.462. The van der Waals surface area contributed by atoms with Gasteiger partial charge >= 0.3 is 0 Å². The highest BCUT2D eigenvalue weighted by atomic mass is 35.5. The molecule has 0 spiro atoms. The minimum Gasteiger partial charge on any atom is -0.383 e. The molecule has 1 aromatic carbocycles. The summed E-state index contributed by atoms with van der Waals surface area (Å²) in [5.74, 6) is 0.0501. The second-order valence-corrected chi connectivity index (χ2v) is 4.85. The van der Waals surface area contributed by atoms with E-state index in [-0.39, 0.29) is 5.91 Å². The van der Waals surface area contributed by atoms with Gasteiger partial charge in [-0.05, 0) is 24.6 Å². The zero-order valence-electron chi connectivity index (χ0n) is 10.4. The summed E-state index contributed by atoms with van der Waals surface area (Å²) >= 11 is 11.9. The number of hydrogen-bond donors (Lipinski definition) is 2. The zero-order valence-corrected chi connectivity index (χ0v) is 11.9. The Morgan fingerprint density at radius 1 is 1.28 bits per heavy atom. The number of anilines is 1. The van der Waals surface area contributed by atoms with Crippen LogP contribution in [0.25, 0.3) is 0 Å². The van der Waals surface area contributed by atoms with Gasteiger partial charge in [-0.2, -0.15) is 0 Å². The number of rotatable bonds is 7. The predicted molar refractivity (Wildman–Crippen MR) is 77.5 cm³/mol. The van der Waals surface area contributed by atoms with Gasteiger partial charge in [-0.1, -0.05) is 36.5 Å². The Bertz CT molecular complexity index is 397. The van der Waals surface area contributed by atoms with E-state index in [4.69, 9.17) is 23.2 Å². The number of amides is 1. The van der Waals surface area contributed by atoms with Crippen LogP contribution in [0.1, 0.15) is 26.2 Å². The van der Waals surface area contributed by atoms with Gasteiger partial charge in [-0.15, -0.1) is 0 Å². The monoisotopic (exact) mass is 288 g/mol. The van der Waals surface area contributed by atoms with Crippen LogP contribution in [0.3, 0.4) is 0 Å². The topological polar surface area (TPSA) is 41.1 Å². The number of unbranched alkanes of at least 4 members (excludes halogenated alkanes) is 1. The molecule has 0 atom stereocenters. The summed E-state index contributed by atoms with van der Waals surface area (Å²) < 4.78 is 0. The molecule has 0 aliphatic heterocycles. The van der Waals surface area contributed by atoms with Gasteiger partial charge in [-0.3, -0.25) is 4.79 Å². The van der Waals surface area contributed by atoms with E-state index in [1.54, 1.807) is 18.2 Å². The summed E-state index contributed by atoms with van der Waals surface area (Å²) in [5.41, 5.74) is 0.755. The number of hydrogen-bond acceptors (Lipinski definition) is 2. The average molecular weight is 289 g/mol. The highest BCUT2D eigenvalue weighted by Crippen LogP contribution is 2.25. The van der Waals surface area contributed by atoms with Crippen LogP contribution in [0.2, 0.25) is 10.0 Å². The molecule has 0 radical (unpaired) electrons. The molecule has 1 rings (SSSR count).